The van der Waals surface area contributed by atoms with Gasteiger partial charge >= 0.3 is 0 Å². The first kappa shape index (κ1) is 15.3. The molecule has 3 heteroatoms. The van der Waals surface area contributed by atoms with Gasteiger partial charge in [0, 0.05) is 23.4 Å². The molecule has 2 nitrogen and oxygen atoms in total. The Labute approximate surface area is 112 Å². The van der Waals surface area contributed by atoms with E-state index < -0.39 is 0 Å². The fourth-order valence-corrected chi connectivity index (χ4v) is 4.55. The number of thioether (sulfide) groups is 1. The smallest absolute Gasteiger partial charge is 0.0457 e. The van der Waals surface area contributed by atoms with Crippen LogP contribution in [0.4, 0.5) is 0 Å². The van der Waals surface area contributed by atoms with Crippen molar-refractivity contribution in [3.63, 3.8) is 0 Å². The topological polar surface area (TPSA) is 29.3 Å². The third-order valence-corrected chi connectivity index (χ3v) is 5.59. The quantitative estimate of drug-likeness (QED) is 0.712. The molecule has 1 saturated heterocycles. The van der Waals surface area contributed by atoms with Crippen molar-refractivity contribution in [3.05, 3.63) is 0 Å². The summed E-state index contributed by atoms with van der Waals surface area (Å²) in [6.07, 6.45) is 5.21. The predicted octanol–water partition coefficient (Wildman–Crippen LogP) is 3.11. The molecule has 0 aliphatic carbocycles. The van der Waals surface area contributed by atoms with Crippen molar-refractivity contribution in [3.8, 4) is 0 Å². The SMILES string of the molecule is CCCCCN(C(C)C)C1(CN)CCSC1C. The zero-order valence-corrected chi connectivity index (χ0v) is 12.9. The van der Waals surface area contributed by atoms with Crippen LogP contribution in [-0.2, 0) is 0 Å². The van der Waals surface area contributed by atoms with Crippen molar-refractivity contribution in [2.45, 2.75) is 70.2 Å². The summed E-state index contributed by atoms with van der Waals surface area (Å²) in [5.74, 6) is 1.27. The maximum absolute atomic E-state index is 6.15. The third-order valence-electron chi connectivity index (χ3n) is 4.21. The van der Waals surface area contributed by atoms with Gasteiger partial charge in [-0.05, 0) is 39.0 Å². The van der Waals surface area contributed by atoms with E-state index in [1.54, 1.807) is 0 Å². The van der Waals surface area contributed by atoms with Gasteiger partial charge in [0.2, 0.25) is 0 Å². The van der Waals surface area contributed by atoms with Gasteiger partial charge in [-0.25, -0.2) is 0 Å². The molecule has 2 N–H and O–H groups in total. The van der Waals surface area contributed by atoms with Crippen LogP contribution in [-0.4, -0.2) is 40.6 Å². The molecule has 0 radical (unpaired) electrons. The normalized spacial score (nSPS) is 29.5. The van der Waals surface area contributed by atoms with Gasteiger partial charge in [-0.1, -0.05) is 26.7 Å². The van der Waals surface area contributed by atoms with Crippen molar-refractivity contribution in [2.24, 2.45) is 5.73 Å². The first-order valence-electron chi connectivity index (χ1n) is 7.17. The highest BCUT2D eigenvalue weighted by Crippen LogP contribution is 2.40. The Kier molecular flexibility index (Phi) is 6.32. The second-order valence-electron chi connectivity index (χ2n) is 5.56. The van der Waals surface area contributed by atoms with E-state index in [-0.39, 0.29) is 5.54 Å². The summed E-state index contributed by atoms with van der Waals surface area (Å²) in [5, 5.41) is 0.677. The van der Waals surface area contributed by atoms with Crippen molar-refractivity contribution >= 4 is 11.8 Å². The third kappa shape index (κ3) is 3.39. The maximum atomic E-state index is 6.15. The maximum Gasteiger partial charge on any atom is 0.0457 e. The molecule has 0 spiro atoms. The molecule has 1 aliphatic rings. The Hall–Kier alpha value is 0.270. The molecule has 0 saturated carbocycles. The minimum atomic E-state index is 0.257. The molecule has 1 heterocycles. The van der Waals surface area contributed by atoms with Crippen LogP contribution in [0, 0.1) is 0 Å². The Morgan fingerprint density at radius 2 is 2.12 bits per heavy atom. The number of hydrogen-bond acceptors (Lipinski definition) is 3. The van der Waals surface area contributed by atoms with E-state index in [9.17, 15) is 0 Å². The largest absolute Gasteiger partial charge is 0.329 e. The van der Waals surface area contributed by atoms with Gasteiger partial charge in [0.1, 0.15) is 0 Å². The lowest BCUT2D eigenvalue weighted by molar-refractivity contribution is 0.0627. The summed E-state index contributed by atoms with van der Waals surface area (Å²) in [4.78, 5) is 2.69. The second-order valence-corrected chi connectivity index (χ2v) is 7.01. The van der Waals surface area contributed by atoms with Crippen LogP contribution in [0.15, 0.2) is 0 Å². The fourth-order valence-electron chi connectivity index (χ4n) is 3.06. The van der Waals surface area contributed by atoms with E-state index in [1.807, 2.05) is 0 Å². The van der Waals surface area contributed by atoms with Gasteiger partial charge in [-0.2, -0.15) is 11.8 Å². The Morgan fingerprint density at radius 3 is 2.53 bits per heavy atom. The number of nitrogens with two attached hydrogens (primary N) is 1. The first-order chi connectivity index (χ1) is 8.08. The molecule has 2 unspecified atom stereocenters. The van der Waals surface area contributed by atoms with Crippen molar-refractivity contribution in [1.82, 2.24) is 4.90 Å². The average Bonchev–Trinajstić information content (AvgIpc) is 2.66. The molecular formula is C14H30N2S. The van der Waals surface area contributed by atoms with E-state index in [4.69, 9.17) is 5.73 Å². The van der Waals surface area contributed by atoms with Gasteiger partial charge in [0.15, 0.2) is 0 Å². The van der Waals surface area contributed by atoms with E-state index in [0.717, 1.165) is 6.54 Å². The van der Waals surface area contributed by atoms with Crippen LogP contribution in [0.2, 0.25) is 0 Å². The minimum absolute atomic E-state index is 0.257. The number of unbranched alkanes of at least 4 members (excludes halogenated alkanes) is 2. The van der Waals surface area contributed by atoms with E-state index >= 15 is 0 Å². The first-order valence-corrected chi connectivity index (χ1v) is 8.21. The highest BCUT2D eigenvalue weighted by molar-refractivity contribution is 8.00. The van der Waals surface area contributed by atoms with Crippen LogP contribution < -0.4 is 5.73 Å². The zero-order chi connectivity index (χ0) is 12.9. The number of rotatable bonds is 7. The zero-order valence-electron chi connectivity index (χ0n) is 12.0. The summed E-state index contributed by atoms with van der Waals surface area (Å²) in [6, 6.07) is 0.608. The van der Waals surface area contributed by atoms with Crippen LogP contribution in [0.5, 0.6) is 0 Å². The Morgan fingerprint density at radius 1 is 1.41 bits per heavy atom. The molecule has 1 fully saturated rings. The molecule has 102 valence electrons. The summed E-state index contributed by atoms with van der Waals surface area (Å²) in [7, 11) is 0. The standard InChI is InChI=1S/C14H30N2S/c1-5-6-7-9-16(12(2)3)14(11-15)8-10-17-13(14)4/h12-13H,5-11,15H2,1-4H3. The summed E-state index contributed by atoms with van der Waals surface area (Å²) >= 11 is 2.09. The molecule has 0 aromatic carbocycles. The lowest BCUT2D eigenvalue weighted by atomic mass is 9.88. The highest BCUT2D eigenvalue weighted by atomic mass is 32.2. The van der Waals surface area contributed by atoms with Gasteiger partial charge in [-0.15, -0.1) is 0 Å². The molecule has 0 amide bonds. The predicted molar refractivity (Wildman–Crippen MR) is 79.7 cm³/mol. The van der Waals surface area contributed by atoms with Crippen molar-refractivity contribution < 1.29 is 0 Å². The number of hydrogen-bond donors (Lipinski definition) is 1. The second kappa shape index (κ2) is 7.01. The summed E-state index contributed by atoms with van der Waals surface area (Å²) in [6.45, 7) is 11.3. The molecule has 0 aromatic heterocycles. The summed E-state index contributed by atoms with van der Waals surface area (Å²) in [5.41, 5.74) is 6.40. The molecule has 0 aromatic rings. The summed E-state index contributed by atoms with van der Waals surface area (Å²) < 4.78 is 0. The van der Waals surface area contributed by atoms with Crippen LogP contribution in [0.1, 0.15) is 53.4 Å². The van der Waals surface area contributed by atoms with Crippen LogP contribution >= 0.6 is 11.8 Å². The van der Waals surface area contributed by atoms with Crippen molar-refractivity contribution in [1.29, 1.82) is 0 Å². The molecule has 2 atom stereocenters. The van der Waals surface area contributed by atoms with E-state index in [0.29, 0.717) is 11.3 Å². The highest BCUT2D eigenvalue weighted by Gasteiger charge is 2.45. The molecule has 0 bridgehead atoms. The Bertz CT molecular complexity index is 220. The molecule has 1 aliphatic heterocycles. The van der Waals surface area contributed by atoms with E-state index in [2.05, 4.69) is 44.4 Å². The van der Waals surface area contributed by atoms with Crippen LogP contribution in [0.25, 0.3) is 0 Å². The van der Waals surface area contributed by atoms with Crippen LogP contribution in [0.3, 0.4) is 0 Å². The van der Waals surface area contributed by atoms with Crippen molar-refractivity contribution in [2.75, 3.05) is 18.8 Å². The fraction of sp³-hybridized carbons (Fsp3) is 1.00. The van der Waals surface area contributed by atoms with E-state index in [1.165, 1.54) is 38.0 Å². The van der Waals surface area contributed by atoms with Gasteiger partial charge in [-0.3, -0.25) is 4.90 Å². The lowest BCUT2D eigenvalue weighted by Gasteiger charge is -2.46. The van der Waals surface area contributed by atoms with Gasteiger partial charge < -0.3 is 5.73 Å². The molecule has 1 rings (SSSR count). The molecular weight excluding hydrogens is 228 g/mol. The minimum Gasteiger partial charge on any atom is -0.329 e. The monoisotopic (exact) mass is 258 g/mol. The van der Waals surface area contributed by atoms with Gasteiger partial charge in [0.25, 0.3) is 0 Å². The van der Waals surface area contributed by atoms with Gasteiger partial charge in [0.05, 0.1) is 0 Å². The average molecular weight is 258 g/mol. The number of nitrogens with zero attached hydrogens (tertiary/aromatic N) is 1. The Balaban J connectivity index is 2.72. The molecule has 17 heavy (non-hydrogen) atoms. The lowest BCUT2D eigenvalue weighted by Crippen LogP contribution is -2.60.